The van der Waals surface area contributed by atoms with Gasteiger partial charge in [-0.05, 0) is 48.2 Å². The zero-order valence-corrected chi connectivity index (χ0v) is 15.8. The standard InChI is InChI=1S/C20H19N3O4S/c1-12(23-20(27)13-9-16(24)19(26)17(25)10-13)14-5-2-3-6-15(14)21-11-22-18-7-4-8-28-18/h2-12,24-26H,1H3,(H,21,22)(H,23,27). The van der Waals surface area contributed by atoms with Gasteiger partial charge in [0.05, 0.1) is 12.4 Å². The second-order valence-corrected chi connectivity index (χ2v) is 6.93. The molecule has 3 aromatic rings. The van der Waals surface area contributed by atoms with Gasteiger partial charge in [-0.1, -0.05) is 18.2 Å². The predicted octanol–water partition coefficient (Wildman–Crippen LogP) is 4.13. The normalized spacial score (nSPS) is 12.0. The van der Waals surface area contributed by atoms with Gasteiger partial charge in [-0.25, -0.2) is 4.99 Å². The highest BCUT2D eigenvalue weighted by Gasteiger charge is 2.17. The van der Waals surface area contributed by atoms with Crippen LogP contribution in [0.5, 0.6) is 17.2 Å². The molecule has 0 saturated heterocycles. The largest absolute Gasteiger partial charge is 0.504 e. The number of rotatable bonds is 6. The van der Waals surface area contributed by atoms with E-state index in [0.29, 0.717) is 0 Å². The van der Waals surface area contributed by atoms with E-state index in [1.165, 1.54) is 11.3 Å². The summed E-state index contributed by atoms with van der Waals surface area (Å²) < 4.78 is 0. The Balaban J connectivity index is 1.73. The van der Waals surface area contributed by atoms with Crippen LogP contribution in [0.1, 0.15) is 28.9 Å². The van der Waals surface area contributed by atoms with Gasteiger partial charge in [-0.15, -0.1) is 11.3 Å². The van der Waals surface area contributed by atoms with Crippen LogP contribution < -0.4 is 10.6 Å². The lowest BCUT2D eigenvalue weighted by Gasteiger charge is -2.18. The minimum Gasteiger partial charge on any atom is -0.504 e. The highest BCUT2D eigenvalue weighted by Crippen LogP contribution is 2.35. The van der Waals surface area contributed by atoms with Gasteiger partial charge in [0, 0.05) is 11.3 Å². The number of aliphatic imine (C=N–C) groups is 1. The number of carbonyl (C=O) groups is 1. The van der Waals surface area contributed by atoms with Crippen molar-refractivity contribution in [2.75, 3.05) is 5.32 Å². The quantitative estimate of drug-likeness (QED) is 0.244. The van der Waals surface area contributed by atoms with Gasteiger partial charge in [0.2, 0.25) is 0 Å². The van der Waals surface area contributed by atoms with Crippen molar-refractivity contribution in [1.82, 2.24) is 5.32 Å². The highest BCUT2D eigenvalue weighted by atomic mass is 32.1. The maximum absolute atomic E-state index is 12.5. The summed E-state index contributed by atoms with van der Waals surface area (Å²) in [7, 11) is 0. The van der Waals surface area contributed by atoms with Crippen LogP contribution in [0.4, 0.5) is 10.7 Å². The van der Waals surface area contributed by atoms with Crippen molar-refractivity contribution < 1.29 is 20.1 Å². The van der Waals surface area contributed by atoms with Gasteiger partial charge in [0.1, 0.15) is 5.00 Å². The van der Waals surface area contributed by atoms with Crippen LogP contribution in [-0.4, -0.2) is 27.6 Å². The molecule has 1 atom stereocenters. The number of phenolic OH excluding ortho intramolecular Hbond substituents is 3. The van der Waals surface area contributed by atoms with Crippen molar-refractivity contribution in [2.45, 2.75) is 13.0 Å². The Labute approximate surface area is 165 Å². The summed E-state index contributed by atoms with van der Waals surface area (Å²) in [4.78, 5) is 16.8. The first-order valence-corrected chi connectivity index (χ1v) is 9.31. The molecule has 0 aliphatic heterocycles. The first-order chi connectivity index (χ1) is 13.5. The van der Waals surface area contributed by atoms with Gasteiger partial charge < -0.3 is 26.0 Å². The van der Waals surface area contributed by atoms with Gasteiger partial charge in [0.25, 0.3) is 5.91 Å². The SMILES string of the molecule is CC(NC(=O)c1cc(O)c(O)c(O)c1)c1ccccc1N/C=N/c1cccs1. The Bertz CT molecular complexity index is 979. The zero-order valence-electron chi connectivity index (χ0n) is 15.0. The predicted molar refractivity (Wildman–Crippen MR) is 110 cm³/mol. The van der Waals surface area contributed by atoms with Crippen LogP contribution in [0.2, 0.25) is 0 Å². The van der Waals surface area contributed by atoms with E-state index >= 15 is 0 Å². The molecule has 1 heterocycles. The first-order valence-electron chi connectivity index (χ1n) is 8.43. The van der Waals surface area contributed by atoms with E-state index in [0.717, 1.165) is 28.4 Å². The molecule has 1 aromatic heterocycles. The number of hydrogen-bond acceptors (Lipinski definition) is 6. The number of phenols is 3. The van der Waals surface area contributed by atoms with Crippen molar-refractivity contribution in [3.8, 4) is 17.2 Å². The number of nitrogens with zero attached hydrogens (tertiary/aromatic N) is 1. The fourth-order valence-corrected chi connectivity index (χ4v) is 3.18. The third-order valence-corrected chi connectivity index (χ3v) is 4.80. The third-order valence-electron chi connectivity index (χ3n) is 4.02. The maximum Gasteiger partial charge on any atom is 0.252 e. The van der Waals surface area contributed by atoms with Crippen molar-refractivity contribution in [1.29, 1.82) is 0 Å². The molecule has 0 aliphatic rings. The zero-order chi connectivity index (χ0) is 20.1. The average molecular weight is 397 g/mol. The lowest BCUT2D eigenvalue weighted by Crippen LogP contribution is -2.27. The summed E-state index contributed by atoms with van der Waals surface area (Å²) >= 11 is 1.52. The number of hydrogen-bond donors (Lipinski definition) is 5. The molecule has 0 bridgehead atoms. The van der Waals surface area contributed by atoms with Crippen LogP contribution in [0.3, 0.4) is 0 Å². The molecular weight excluding hydrogens is 378 g/mol. The Morgan fingerprint density at radius 3 is 2.50 bits per heavy atom. The monoisotopic (exact) mass is 397 g/mol. The molecule has 1 unspecified atom stereocenters. The summed E-state index contributed by atoms with van der Waals surface area (Å²) in [6, 6.07) is 13.1. The number of benzene rings is 2. The Morgan fingerprint density at radius 1 is 1.11 bits per heavy atom. The summed E-state index contributed by atoms with van der Waals surface area (Å²) in [5.41, 5.74) is 1.65. The number of carbonyl (C=O) groups excluding carboxylic acids is 1. The average Bonchev–Trinajstić information content (AvgIpc) is 3.19. The van der Waals surface area contributed by atoms with Crippen molar-refractivity contribution in [2.24, 2.45) is 4.99 Å². The Hall–Kier alpha value is -3.52. The fourth-order valence-electron chi connectivity index (χ4n) is 2.61. The second kappa shape index (κ2) is 8.45. The van der Waals surface area contributed by atoms with E-state index in [1.54, 1.807) is 6.34 Å². The summed E-state index contributed by atoms with van der Waals surface area (Å²) in [6.07, 6.45) is 1.59. The Kier molecular flexibility index (Phi) is 5.81. The first kappa shape index (κ1) is 19.2. The van der Waals surface area contributed by atoms with E-state index in [-0.39, 0.29) is 11.6 Å². The smallest absolute Gasteiger partial charge is 0.252 e. The number of para-hydroxylation sites is 1. The van der Waals surface area contributed by atoms with Gasteiger partial charge >= 0.3 is 0 Å². The molecule has 1 amide bonds. The molecule has 2 aromatic carbocycles. The molecule has 0 saturated carbocycles. The summed E-state index contributed by atoms with van der Waals surface area (Å²) in [5.74, 6) is -2.29. The minimum atomic E-state index is -0.663. The molecule has 0 radical (unpaired) electrons. The summed E-state index contributed by atoms with van der Waals surface area (Å²) in [6.45, 7) is 1.81. The van der Waals surface area contributed by atoms with Gasteiger partial charge in [-0.3, -0.25) is 4.79 Å². The van der Waals surface area contributed by atoms with E-state index in [2.05, 4.69) is 15.6 Å². The highest BCUT2D eigenvalue weighted by molar-refractivity contribution is 7.13. The number of aromatic hydroxyl groups is 3. The van der Waals surface area contributed by atoms with Crippen molar-refractivity contribution >= 4 is 34.3 Å². The summed E-state index contributed by atoms with van der Waals surface area (Å²) in [5, 5.41) is 37.3. The van der Waals surface area contributed by atoms with Crippen LogP contribution in [0.15, 0.2) is 58.9 Å². The lowest BCUT2D eigenvalue weighted by molar-refractivity contribution is 0.0939. The number of nitrogens with one attached hydrogen (secondary N) is 2. The van der Waals surface area contributed by atoms with E-state index in [4.69, 9.17) is 0 Å². The number of anilines is 1. The maximum atomic E-state index is 12.5. The topological polar surface area (TPSA) is 114 Å². The molecule has 3 rings (SSSR count). The van der Waals surface area contributed by atoms with Crippen LogP contribution >= 0.6 is 11.3 Å². The fraction of sp³-hybridized carbons (Fsp3) is 0.100. The lowest BCUT2D eigenvalue weighted by atomic mass is 10.1. The molecule has 0 fully saturated rings. The van der Waals surface area contributed by atoms with Crippen LogP contribution in [0.25, 0.3) is 0 Å². The molecule has 5 N–H and O–H groups in total. The van der Waals surface area contributed by atoms with Crippen molar-refractivity contribution in [3.05, 3.63) is 65.0 Å². The molecule has 144 valence electrons. The Morgan fingerprint density at radius 2 is 1.82 bits per heavy atom. The van der Waals surface area contributed by atoms with Crippen LogP contribution in [0, 0.1) is 0 Å². The molecular formula is C20H19N3O4S. The van der Waals surface area contributed by atoms with E-state index in [1.807, 2.05) is 48.7 Å². The molecule has 7 nitrogen and oxygen atoms in total. The van der Waals surface area contributed by atoms with Crippen molar-refractivity contribution in [3.63, 3.8) is 0 Å². The van der Waals surface area contributed by atoms with Crippen LogP contribution in [-0.2, 0) is 0 Å². The van der Waals surface area contributed by atoms with E-state index in [9.17, 15) is 20.1 Å². The minimum absolute atomic E-state index is 0.0318. The van der Waals surface area contributed by atoms with Gasteiger partial charge in [-0.2, -0.15) is 0 Å². The van der Waals surface area contributed by atoms with E-state index < -0.39 is 23.2 Å². The second-order valence-electron chi connectivity index (χ2n) is 6.00. The molecule has 0 spiro atoms. The number of thiophene rings is 1. The van der Waals surface area contributed by atoms with Gasteiger partial charge in [0.15, 0.2) is 17.2 Å². The number of amides is 1. The molecule has 8 heteroatoms. The third kappa shape index (κ3) is 4.41. The molecule has 0 aliphatic carbocycles. The molecule has 28 heavy (non-hydrogen) atoms.